The van der Waals surface area contributed by atoms with Gasteiger partial charge in [-0.3, -0.25) is 14.4 Å². The number of nitrogens with one attached hydrogen (secondary N) is 1. The van der Waals surface area contributed by atoms with Crippen LogP contribution in [-0.2, 0) is 24.3 Å². The minimum atomic E-state index is -0.331. The van der Waals surface area contributed by atoms with Gasteiger partial charge in [0.1, 0.15) is 0 Å². The summed E-state index contributed by atoms with van der Waals surface area (Å²) in [6.45, 7) is 1.48. The molecule has 1 saturated heterocycles. The van der Waals surface area contributed by atoms with Crippen molar-refractivity contribution in [2.75, 3.05) is 6.54 Å². The van der Waals surface area contributed by atoms with Gasteiger partial charge in [-0.25, -0.2) is 4.79 Å². The average molecular weight is 324 g/mol. The van der Waals surface area contributed by atoms with Crippen LogP contribution in [0, 0.1) is 5.41 Å². The summed E-state index contributed by atoms with van der Waals surface area (Å²) in [7, 11) is 0. The fourth-order valence-corrected chi connectivity index (χ4v) is 3.22. The Hall–Kier alpha value is -2.63. The number of carbonyl (C=O) groups is 2. The topological polar surface area (TPSA) is 67.2 Å². The van der Waals surface area contributed by atoms with E-state index in [1.54, 1.807) is 6.20 Å². The van der Waals surface area contributed by atoms with E-state index in [9.17, 15) is 9.59 Å². The minimum Gasteiger partial charge on any atom is -0.337 e. The molecule has 6 nitrogen and oxygen atoms in total. The largest absolute Gasteiger partial charge is 0.337 e. The lowest BCUT2D eigenvalue weighted by Gasteiger charge is -2.31. The van der Waals surface area contributed by atoms with Gasteiger partial charge in [0.2, 0.25) is 5.91 Å². The Morgan fingerprint density at radius 3 is 2.67 bits per heavy atom. The van der Waals surface area contributed by atoms with E-state index < -0.39 is 0 Å². The Bertz CT molecular complexity index is 764. The van der Waals surface area contributed by atoms with Crippen LogP contribution in [0.15, 0.2) is 42.6 Å². The summed E-state index contributed by atoms with van der Waals surface area (Å²) in [5.74, 6) is -0.0398. The van der Waals surface area contributed by atoms with Gasteiger partial charge in [0, 0.05) is 19.3 Å². The summed E-state index contributed by atoms with van der Waals surface area (Å²) in [4.78, 5) is 26.0. The van der Waals surface area contributed by atoms with Crippen LogP contribution in [0.3, 0.4) is 0 Å². The van der Waals surface area contributed by atoms with Gasteiger partial charge in [0.15, 0.2) is 0 Å². The number of amides is 3. The first-order chi connectivity index (χ1) is 11.7. The molecule has 1 aromatic carbocycles. The third kappa shape index (κ3) is 2.68. The molecule has 1 aromatic heterocycles. The van der Waals surface area contributed by atoms with Crippen molar-refractivity contribution in [3.05, 3.63) is 53.9 Å². The Kier molecular flexibility index (Phi) is 3.59. The highest BCUT2D eigenvalue weighted by atomic mass is 16.2. The van der Waals surface area contributed by atoms with Crippen molar-refractivity contribution in [2.45, 2.75) is 32.4 Å². The fraction of sp³-hybridized carbons (Fsp3) is 0.389. The molecule has 24 heavy (non-hydrogen) atoms. The normalized spacial score (nSPS) is 18.8. The first kappa shape index (κ1) is 14.9. The van der Waals surface area contributed by atoms with Crippen molar-refractivity contribution in [3.8, 4) is 0 Å². The summed E-state index contributed by atoms with van der Waals surface area (Å²) >= 11 is 0. The number of imide groups is 1. The molecule has 0 atom stereocenters. The first-order valence-electron chi connectivity index (χ1n) is 8.32. The lowest BCUT2D eigenvalue weighted by atomic mass is 10.0. The van der Waals surface area contributed by atoms with Gasteiger partial charge in [0.05, 0.1) is 17.7 Å². The van der Waals surface area contributed by atoms with Gasteiger partial charge in [-0.2, -0.15) is 5.10 Å². The van der Waals surface area contributed by atoms with Gasteiger partial charge < -0.3 is 5.32 Å². The van der Waals surface area contributed by atoms with Crippen LogP contribution in [0.2, 0.25) is 0 Å². The summed E-state index contributed by atoms with van der Waals surface area (Å²) in [6.07, 6.45) is 4.32. The molecule has 1 aliphatic carbocycles. The molecule has 1 saturated carbocycles. The molecule has 2 aromatic rings. The van der Waals surface area contributed by atoms with Gasteiger partial charge >= 0.3 is 6.03 Å². The Labute approximate surface area is 140 Å². The van der Waals surface area contributed by atoms with Gasteiger partial charge in [-0.1, -0.05) is 30.3 Å². The molecule has 0 unspecified atom stereocenters. The van der Waals surface area contributed by atoms with Gasteiger partial charge in [0.25, 0.3) is 0 Å². The van der Waals surface area contributed by atoms with E-state index in [0.717, 1.165) is 31.5 Å². The van der Waals surface area contributed by atoms with Crippen molar-refractivity contribution in [1.29, 1.82) is 0 Å². The predicted octanol–water partition coefficient (Wildman–Crippen LogP) is 1.96. The Balaban J connectivity index is 1.46. The lowest BCUT2D eigenvalue weighted by molar-refractivity contribution is -0.135. The maximum Gasteiger partial charge on any atom is 0.324 e. The van der Waals surface area contributed by atoms with E-state index >= 15 is 0 Å². The third-order valence-electron chi connectivity index (χ3n) is 4.96. The quantitative estimate of drug-likeness (QED) is 0.914. The molecule has 6 heteroatoms. The first-order valence-corrected chi connectivity index (χ1v) is 8.32. The van der Waals surface area contributed by atoms with Crippen molar-refractivity contribution in [3.63, 3.8) is 0 Å². The number of aryl methyl sites for hydroxylation is 2. The number of hydrogen-bond donors (Lipinski definition) is 1. The van der Waals surface area contributed by atoms with Crippen LogP contribution < -0.4 is 5.32 Å². The van der Waals surface area contributed by atoms with Crippen LogP contribution in [0.5, 0.6) is 0 Å². The van der Waals surface area contributed by atoms with Crippen LogP contribution in [0.25, 0.3) is 0 Å². The standard InChI is InChI=1S/C18H20N4O2/c23-16-18(8-9-18)13-19-17(24)21(16)12-15-6-10-20-22(15)11-7-14-4-2-1-3-5-14/h1-6,10H,7-9,11-13H2,(H,19,24). The number of carbonyl (C=O) groups excluding carboxylic acids is 2. The molecule has 0 bridgehead atoms. The molecule has 2 aliphatic rings. The SMILES string of the molecule is O=C1NCC2(CC2)C(=O)N1Cc1ccnn1CCc1ccccc1. The van der Waals surface area contributed by atoms with Crippen molar-refractivity contribution < 1.29 is 9.59 Å². The number of nitrogens with zero attached hydrogens (tertiary/aromatic N) is 3. The van der Waals surface area contributed by atoms with Crippen molar-refractivity contribution in [1.82, 2.24) is 20.0 Å². The smallest absolute Gasteiger partial charge is 0.324 e. The van der Waals surface area contributed by atoms with E-state index in [-0.39, 0.29) is 23.9 Å². The number of rotatable bonds is 5. The van der Waals surface area contributed by atoms with Crippen LogP contribution in [0.4, 0.5) is 4.79 Å². The number of hydrogen-bond acceptors (Lipinski definition) is 3. The molecular formula is C18H20N4O2. The summed E-state index contributed by atoms with van der Waals surface area (Å²) < 4.78 is 1.88. The highest BCUT2D eigenvalue weighted by molar-refractivity contribution is 6.01. The van der Waals surface area contributed by atoms with E-state index in [4.69, 9.17) is 0 Å². The maximum atomic E-state index is 12.6. The molecule has 2 heterocycles. The second kappa shape index (κ2) is 5.78. The van der Waals surface area contributed by atoms with Crippen LogP contribution >= 0.6 is 0 Å². The second-order valence-corrected chi connectivity index (χ2v) is 6.61. The van der Waals surface area contributed by atoms with E-state index in [2.05, 4.69) is 22.5 Å². The zero-order valence-corrected chi connectivity index (χ0v) is 13.4. The highest BCUT2D eigenvalue weighted by Crippen LogP contribution is 2.48. The molecule has 0 radical (unpaired) electrons. The highest BCUT2D eigenvalue weighted by Gasteiger charge is 2.55. The maximum absolute atomic E-state index is 12.6. The van der Waals surface area contributed by atoms with E-state index in [0.29, 0.717) is 6.54 Å². The Morgan fingerprint density at radius 2 is 1.92 bits per heavy atom. The summed E-state index contributed by atoms with van der Waals surface area (Å²) in [5.41, 5.74) is 1.79. The molecule has 1 N–H and O–H groups in total. The molecule has 3 amide bonds. The monoisotopic (exact) mass is 324 g/mol. The molecule has 2 fully saturated rings. The summed E-state index contributed by atoms with van der Waals surface area (Å²) in [5, 5.41) is 7.19. The van der Waals surface area contributed by atoms with Crippen LogP contribution in [0.1, 0.15) is 24.1 Å². The zero-order chi connectivity index (χ0) is 16.6. The van der Waals surface area contributed by atoms with Gasteiger partial charge in [-0.05, 0) is 30.9 Å². The summed E-state index contributed by atoms with van der Waals surface area (Å²) in [6, 6.07) is 11.8. The molecule has 4 rings (SSSR count). The van der Waals surface area contributed by atoms with E-state index in [1.165, 1.54) is 10.5 Å². The predicted molar refractivity (Wildman–Crippen MR) is 88.0 cm³/mol. The Morgan fingerprint density at radius 1 is 1.12 bits per heavy atom. The molecular weight excluding hydrogens is 304 g/mol. The van der Waals surface area contributed by atoms with Crippen molar-refractivity contribution >= 4 is 11.9 Å². The van der Waals surface area contributed by atoms with Crippen LogP contribution in [-0.4, -0.2) is 33.2 Å². The molecule has 1 spiro atoms. The van der Waals surface area contributed by atoms with E-state index in [1.807, 2.05) is 28.9 Å². The van der Waals surface area contributed by atoms with Gasteiger partial charge in [-0.15, -0.1) is 0 Å². The average Bonchev–Trinajstić information content (AvgIpc) is 3.26. The fourth-order valence-electron chi connectivity index (χ4n) is 3.22. The third-order valence-corrected chi connectivity index (χ3v) is 4.96. The minimum absolute atomic E-state index is 0.0398. The number of aromatic nitrogens is 2. The zero-order valence-electron chi connectivity index (χ0n) is 13.4. The molecule has 1 aliphatic heterocycles. The van der Waals surface area contributed by atoms with Crippen molar-refractivity contribution in [2.24, 2.45) is 5.41 Å². The second-order valence-electron chi connectivity index (χ2n) is 6.61. The lowest BCUT2D eigenvalue weighted by Crippen LogP contribution is -2.55. The molecule has 124 valence electrons. The number of benzene rings is 1. The number of urea groups is 1.